The molecule has 4 nitrogen and oxygen atoms in total. The molecule has 6 heteroatoms. The maximum Gasteiger partial charge on any atom is 0.225 e. The van der Waals surface area contributed by atoms with Crippen molar-refractivity contribution in [2.45, 2.75) is 31.9 Å². The first-order valence-corrected chi connectivity index (χ1v) is 8.00. The summed E-state index contributed by atoms with van der Waals surface area (Å²) in [6.45, 7) is 10.1. The summed E-state index contributed by atoms with van der Waals surface area (Å²) >= 11 is 3.38. The largest absolute Gasteiger partial charge is 0.294 e. The Hall–Kier alpha value is -1.01. The van der Waals surface area contributed by atoms with Gasteiger partial charge in [0.05, 0.1) is 10.8 Å². The lowest BCUT2D eigenvalue weighted by atomic mass is 9.97. The predicted octanol–water partition coefficient (Wildman–Crippen LogP) is 3.36. The molecule has 0 radical (unpaired) electrons. The fourth-order valence-electron chi connectivity index (χ4n) is 1.70. The van der Waals surface area contributed by atoms with Gasteiger partial charge in [-0.1, -0.05) is 13.8 Å². The minimum absolute atomic E-state index is 0.111. The maximum absolute atomic E-state index is 4.50. The minimum atomic E-state index is 0.111. The summed E-state index contributed by atoms with van der Waals surface area (Å²) in [5, 5.41) is 6.37. The van der Waals surface area contributed by atoms with Crippen LogP contribution in [0.1, 0.15) is 25.6 Å². The van der Waals surface area contributed by atoms with Gasteiger partial charge in [0.1, 0.15) is 0 Å². The van der Waals surface area contributed by atoms with Gasteiger partial charge in [0.25, 0.3) is 0 Å². The monoisotopic (exact) mass is 296 g/mol. The summed E-state index contributed by atoms with van der Waals surface area (Å²) in [5.41, 5.74) is 0.111. The highest BCUT2D eigenvalue weighted by molar-refractivity contribution is 7.99. The van der Waals surface area contributed by atoms with Gasteiger partial charge < -0.3 is 0 Å². The summed E-state index contributed by atoms with van der Waals surface area (Å²) in [4.78, 5) is 5.81. The maximum atomic E-state index is 4.50. The van der Waals surface area contributed by atoms with Gasteiger partial charge in [0.15, 0.2) is 0 Å². The smallest absolute Gasteiger partial charge is 0.225 e. The van der Waals surface area contributed by atoms with Gasteiger partial charge >= 0.3 is 0 Å². The van der Waals surface area contributed by atoms with E-state index in [1.54, 1.807) is 23.3 Å². The van der Waals surface area contributed by atoms with Crippen LogP contribution in [0.3, 0.4) is 0 Å². The SMILES string of the molecule is CCN=C(NSc1ccc(C)s1)N1CC(C)(C)C=N1. The summed E-state index contributed by atoms with van der Waals surface area (Å²) in [6, 6.07) is 4.25. The van der Waals surface area contributed by atoms with E-state index in [1.807, 2.05) is 18.1 Å². The van der Waals surface area contributed by atoms with Crippen LogP contribution in [-0.2, 0) is 0 Å². The molecular formula is C13H20N4S2. The highest BCUT2D eigenvalue weighted by Gasteiger charge is 2.27. The number of hydrogen-bond acceptors (Lipinski definition) is 4. The van der Waals surface area contributed by atoms with Crippen molar-refractivity contribution in [2.24, 2.45) is 15.5 Å². The number of guanidine groups is 1. The Morgan fingerprint density at radius 2 is 2.37 bits per heavy atom. The van der Waals surface area contributed by atoms with Gasteiger partial charge in [-0.2, -0.15) is 5.10 Å². The van der Waals surface area contributed by atoms with Crippen LogP contribution >= 0.6 is 23.3 Å². The van der Waals surface area contributed by atoms with Crippen molar-refractivity contribution in [1.29, 1.82) is 0 Å². The van der Waals surface area contributed by atoms with Crippen molar-refractivity contribution in [3.05, 3.63) is 17.0 Å². The molecule has 104 valence electrons. The Morgan fingerprint density at radius 3 is 2.89 bits per heavy atom. The summed E-state index contributed by atoms with van der Waals surface area (Å²) in [5.74, 6) is 0.834. The van der Waals surface area contributed by atoms with E-state index >= 15 is 0 Å². The average Bonchev–Trinajstić information content (AvgIpc) is 2.91. The lowest BCUT2D eigenvalue weighted by molar-refractivity contribution is 0.380. The molecule has 0 aliphatic carbocycles. The zero-order valence-electron chi connectivity index (χ0n) is 11.8. The first-order chi connectivity index (χ1) is 9.00. The number of hydrogen-bond donors (Lipinski definition) is 1. The first-order valence-electron chi connectivity index (χ1n) is 6.36. The van der Waals surface area contributed by atoms with E-state index in [1.165, 1.54) is 9.09 Å². The van der Waals surface area contributed by atoms with Gasteiger partial charge in [-0.05, 0) is 37.9 Å². The molecule has 2 heterocycles. The minimum Gasteiger partial charge on any atom is -0.294 e. The van der Waals surface area contributed by atoms with Crippen LogP contribution in [0.15, 0.2) is 26.4 Å². The fraction of sp³-hybridized carbons (Fsp3) is 0.538. The Balaban J connectivity index is 1.98. The Bertz CT molecular complexity index is 491. The normalized spacial score (nSPS) is 18.1. The number of aliphatic imine (C=N–C) groups is 1. The van der Waals surface area contributed by atoms with Crippen LogP contribution < -0.4 is 4.72 Å². The quantitative estimate of drug-likeness (QED) is 0.528. The number of nitrogens with one attached hydrogen (secondary N) is 1. The van der Waals surface area contributed by atoms with Crippen LogP contribution in [0.5, 0.6) is 0 Å². The second-order valence-corrected chi connectivity index (χ2v) is 7.55. The molecule has 0 unspecified atom stereocenters. The molecule has 0 saturated carbocycles. The lowest BCUT2D eigenvalue weighted by Gasteiger charge is -2.21. The van der Waals surface area contributed by atoms with Crippen LogP contribution in [0.4, 0.5) is 0 Å². The number of rotatable bonds is 3. The molecule has 1 aromatic rings. The molecule has 19 heavy (non-hydrogen) atoms. The predicted molar refractivity (Wildman–Crippen MR) is 85.0 cm³/mol. The van der Waals surface area contributed by atoms with Gasteiger partial charge in [-0.3, -0.25) is 9.71 Å². The van der Waals surface area contributed by atoms with Crippen LogP contribution in [0.2, 0.25) is 0 Å². The van der Waals surface area contributed by atoms with Crippen LogP contribution in [-0.4, -0.2) is 30.3 Å². The summed E-state index contributed by atoms with van der Waals surface area (Å²) in [6.07, 6.45) is 1.99. The van der Waals surface area contributed by atoms with E-state index in [0.717, 1.165) is 19.0 Å². The molecule has 1 aromatic heterocycles. The Morgan fingerprint density at radius 1 is 1.58 bits per heavy atom. The highest BCUT2D eigenvalue weighted by Crippen LogP contribution is 2.26. The van der Waals surface area contributed by atoms with E-state index in [0.29, 0.717) is 0 Å². The standard InChI is InChI=1S/C13H20N4S2/c1-5-14-12(17-9-13(3,4)8-15-17)16-19-11-7-6-10(2)18-11/h6-8H,5,9H2,1-4H3,(H,14,16). The molecule has 0 bridgehead atoms. The molecule has 0 aromatic carbocycles. The van der Waals surface area contributed by atoms with Crippen LogP contribution in [0.25, 0.3) is 0 Å². The number of hydrazone groups is 1. The van der Waals surface area contributed by atoms with Crippen molar-refractivity contribution in [3.8, 4) is 0 Å². The van der Waals surface area contributed by atoms with Crippen molar-refractivity contribution in [1.82, 2.24) is 9.73 Å². The van der Waals surface area contributed by atoms with E-state index < -0.39 is 0 Å². The van der Waals surface area contributed by atoms with E-state index in [9.17, 15) is 0 Å². The van der Waals surface area contributed by atoms with Gasteiger partial charge in [-0.15, -0.1) is 11.3 Å². The number of aryl methyl sites for hydroxylation is 1. The zero-order chi connectivity index (χ0) is 13.9. The molecule has 0 atom stereocenters. The van der Waals surface area contributed by atoms with E-state index in [4.69, 9.17) is 0 Å². The summed E-state index contributed by atoms with van der Waals surface area (Å²) in [7, 11) is 0. The number of thiophene rings is 1. The first kappa shape index (κ1) is 14.4. The van der Waals surface area contributed by atoms with Gasteiger partial charge in [-0.25, -0.2) is 5.01 Å². The van der Waals surface area contributed by atoms with Gasteiger partial charge in [0.2, 0.25) is 5.96 Å². The molecular weight excluding hydrogens is 276 g/mol. The number of nitrogens with zero attached hydrogens (tertiary/aromatic N) is 3. The van der Waals surface area contributed by atoms with Crippen molar-refractivity contribution in [3.63, 3.8) is 0 Å². The molecule has 0 saturated heterocycles. The fourth-order valence-corrected chi connectivity index (χ4v) is 3.48. The Labute approximate surface area is 123 Å². The molecule has 0 amide bonds. The van der Waals surface area contributed by atoms with Crippen molar-refractivity contribution < 1.29 is 0 Å². The zero-order valence-corrected chi connectivity index (χ0v) is 13.4. The molecule has 0 fully saturated rings. The second-order valence-electron chi connectivity index (χ2n) is 5.16. The average molecular weight is 296 g/mol. The third kappa shape index (κ3) is 3.98. The summed E-state index contributed by atoms with van der Waals surface area (Å²) < 4.78 is 4.56. The topological polar surface area (TPSA) is 40.0 Å². The molecule has 1 N–H and O–H groups in total. The lowest BCUT2D eigenvalue weighted by Crippen LogP contribution is -2.36. The van der Waals surface area contributed by atoms with Crippen LogP contribution in [0, 0.1) is 12.3 Å². The van der Waals surface area contributed by atoms with Crippen molar-refractivity contribution >= 4 is 35.5 Å². The Kier molecular flexibility index (Phi) is 4.52. The molecule has 1 aliphatic heterocycles. The van der Waals surface area contributed by atoms with Crippen molar-refractivity contribution in [2.75, 3.05) is 13.1 Å². The van der Waals surface area contributed by atoms with E-state index in [2.05, 4.69) is 47.7 Å². The molecule has 1 aliphatic rings. The van der Waals surface area contributed by atoms with Gasteiger partial charge in [0, 0.05) is 23.1 Å². The third-order valence-corrected chi connectivity index (χ3v) is 4.53. The highest BCUT2D eigenvalue weighted by atomic mass is 32.2. The third-order valence-electron chi connectivity index (χ3n) is 2.61. The second kappa shape index (κ2) is 5.96. The molecule has 2 rings (SSSR count). The molecule has 0 spiro atoms. The van der Waals surface area contributed by atoms with E-state index in [-0.39, 0.29) is 5.41 Å².